The Balaban J connectivity index is 2.36. The molecule has 2 aromatic carbocycles. The van der Waals surface area contributed by atoms with Crippen LogP contribution in [0.5, 0.6) is 0 Å². The van der Waals surface area contributed by atoms with Gasteiger partial charge in [0.05, 0.1) is 21.6 Å². The molecule has 0 radical (unpaired) electrons. The maximum absolute atomic E-state index is 12.8. The number of rotatable bonds is 4. The van der Waals surface area contributed by atoms with E-state index in [4.69, 9.17) is 0 Å². The van der Waals surface area contributed by atoms with Gasteiger partial charge in [0.25, 0.3) is 11.6 Å². The molecule has 0 aliphatic heterocycles. The lowest BCUT2D eigenvalue weighted by Crippen LogP contribution is -2.30. The summed E-state index contributed by atoms with van der Waals surface area (Å²) in [6, 6.07) is 1.08. The van der Waals surface area contributed by atoms with Crippen LogP contribution in [0.4, 0.5) is 50.9 Å². The van der Waals surface area contributed by atoms with Gasteiger partial charge >= 0.3 is 18.5 Å². The molecule has 6 nitrogen and oxygen atoms in total. The summed E-state index contributed by atoms with van der Waals surface area (Å²) in [5.41, 5.74) is -4.50. The third-order valence-electron chi connectivity index (χ3n) is 3.68. The van der Waals surface area contributed by atoms with Gasteiger partial charge in [0.15, 0.2) is 0 Å². The zero-order valence-electron chi connectivity index (χ0n) is 14.5. The molecule has 0 aromatic heterocycles. The van der Waals surface area contributed by atoms with E-state index in [0.717, 1.165) is 0 Å². The highest BCUT2D eigenvalue weighted by Gasteiger charge is 2.37. The van der Waals surface area contributed by atoms with Crippen LogP contribution >= 0.6 is 0 Å². The molecule has 0 saturated heterocycles. The van der Waals surface area contributed by atoms with E-state index in [2.05, 4.69) is 0 Å². The molecular weight excluding hydrogens is 453 g/mol. The number of nitrogens with zero attached hydrogens (tertiary/aromatic N) is 1. The number of carbonyl (C=O) groups excluding carboxylic acids is 1. The van der Waals surface area contributed by atoms with Crippen LogP contribution in [0.1, 0.15) is 27.0 Å². The molecule has 0 fully saturated rings. The monoisotopic (exact) mass is 461 g/mol. The first-order valence-electron chi connectivity index (χ1n) is 7.71. The smallest absolute Gasteiger partial charge is 0.292 e. The van der Waals surface area contributed by atoms with Gasteiger partial charge in [-0.2, -0.15) is 39.5 Å². The minimum absolute atomic E-state index is 0.105. The van der Waals surface area contributed by atoms with Crippen LogP contribution in [-0.4, -0.2) is 10.8 Å². The van der Waals surface area contributed by atoms with Crippen molar-refractivity contribution in [3.8, 4) is 0 Å². The fraction of sp³-hybridized carbons (Fsp3) is 0.188. The standard InChI is InChI=1S/C16H8F9N3O3/c17-14(18,19)8-1-2-11(12(6-8)28(30)31)26-27-13(29)7-3-9(15(20,21)22)5-10(4-7)16(23,24)25/h1-6,26H,(H,27,29). The SMILES string of the molecule is O=C(NNc1ccc(C(F)(F)F)cc1[N+](=O)[O-])c1cc(C(F)(F)F)cc(C(F)(F)F)c1. The lowest BCUT2D eigenvalue weighted by atomic mass is 10.0. The summed E-state index contributed by atoms with van der Waals surface area (Å²) in [7, 11) is 0. The fourth-order valence-electron chi connectivity index (χ4n) is 2.25. The minimum atomic E-state index is -5.23. The second-order valence-corrected chi connectivity index (χ2v) is 5.86. The molecule has 0 spiro atoms. The van der Waals surface area contributed by atoms with Crippen molar-refractivity contribution in [1.29, 1.82) is 0 Å². The molecule has 2 N–H and O–H groups in total. The molecule has 0 unspecified atom stereocenters. The van der Waals surface area contributed by atoms with Gasteiger partial charge in [-0.15, -0.1) is 0 Å². The summed E-state index contributed by atoms with van der Waals surface area (Å²) in [6.07, 6.45) is -15.4. The van der Waals surface area contributed by atoms with E-state index in [9.17, 15) is 54.4 Å². The Hall–Kier alpha value is -3.52. The fourth-order valence-corrected chi connectivity index (χ4v) is 2.25. The van der Waals surface area contributed by atoms with Crippen LogP contribution in [0.2, 0.25) is 0 Å². The molecule has 0 heterocycles. The van der Waals surface area contributed by atoms with Crippen molar-refractivity contribution in [1.82, 2.24) is 5.43 Å². The largest absolute Gasteiger partial charge is 0.416 e. The third-order valence-corrected chi connectivity index (χ3v) is 3.68. The van der Waals surface area contributed by atoms with Gasteiger partial charge in [-0.3, -0.25) is 25.8 Å². The summed E-state index contributed by atoms with van der Waals surface area (Å²) in [5, 5.41) is 11.0. The number of nitro groups is 1. The van der Waals surface area contributed by atoms with Crippen molar-refractivity contribution in [2.24, 2.45) is 0 Å². The van der Waals surface area contributed by atoms with Gasteiger partial charge in [0, 0.05) is 11.6 Å². The first kappa shape index (κ1) is 23.8. The Labute approximate surface area is 165 Å². The molecule has 1 amide bonds. The van der Waals surface area contributed by atoms with E-state index in [0.29, 0.717) is 12.1 Å². The lowest BCUT2D eigenvalue weighted by Gasteiger charge is -2.15. The molecule has 15 heteroatoms. The number of anilines is 1. The van der Waals surface area contributed by atoms with Gasteiger partial charge < -0.3 is 0 Å². The quantitative estimate of drug-likeness (QED) is 0.363. The molecule has 2 rings (SSSR count). The number of amides is 1. The number of nitrogens with one attached hydrogen (secondary N) is 2. The Bertz CT molecular complexity index is 982. The second-order valence-electron chi connectivity index (χ2n) is 5.86. The van der Waals surface area contributed by atoms with Crippen molar-refractivity contribution in [2.75, 3.05) is 5.43 Å². The van der Waals surface area contributed by atoms with E-state index < -0.39 is 63.0 Å². The summed E-state index contributed by atoms with van der Waals surface area (Å²) in [6.45, 7) is 0. The number of benzene rings is 2. The second kappa shape index (κ2) is 7.96. The Morgan fingerprint density at radius 3 is 1.68 bits per heavy atom. The van der Waals surface area contributed by atoms with E-state index in [1.165, 1.54) is 0 Å². The Kier molecular flexibility index (Phi) is 6.10. The first-order chi connectivity index (χ1) is 14.0. The van der Waals surface area contributed by atoms with Crippen molar-refractivity contribution in [3.63, 3.8) is 0 Å². The number of hydrazine groups is 1. The highest BCUT2D eigenvalue weighted by atomic mass is 19.4. The van der Waals surface area contributed by atoms with Crippen molar-refractivity contribution in [3.05, 3.63) is 68.8 Å². The van der Waals surface area contributed by atoms with Crippen LogP contribution in [-0.2, 0) is 18.5 Å². The molecule has 0 saturated carbocycles. The van der Waals surface area contributed by atoms with Gasteiger partial charge in [0.1, 0.15) is 5.69 Å². The number of carbonyl (C=O) groups is 1. The molecule has 2 aromatic rings. The molecule has 168 valence electrons. The summed E-state index contributed by atoms with van der Waals surface area (Å²) >= 11 is 0. The Morgan fingerprint density at radius 2 is 1.26 bits per heavy atom. The highest BCUT2D eigenvalue weighted by molar-refractivity contribution is 5.95. The van der Waals surface area contributed by atoms with E-state index >= 15 is 0 Å². The van der Waals surface area contributed by atoms with Gasteiger partial charge in [0.2, 0.25) is 0 Å². The predicted molar refractivity (Wildman–Crippen MR) is 85.6 cm³/mol. The lowest BCUT2D eigenvalue weighted by molar-refractivity contribution is -0.384. The number of hydrogen-bond donors (Lipinski definition) is 2. The number of hydrogen-bond acceptors (Lipinski definition) is 4. The average molecular weight is 461 g/mol. The van der Waals surface area contributed by atoms with E-state index in [1.807, 2.05) is 5.43 Å². The van der Waals surface area contributed by atoms with Crippen molar-refractivity contribution >= 4 is 17.3 Å². The van der Waals surface area contributed by atoms with Crippen molar-refractivity contribution < 1.29 is 49.2 Å². The summed E-state index contributed by atoms with van der Waals surface area (Å²) in [4.78, 5) is 21.7. The topological polar surface area (TPSA) is 84.3 Å². The number of nitro benzene ring substituents is 1. The summed E-state index contributed by atoms with van der Waals surface area (Å²) < 4.78 is 115. The van der Waals surface area contributed by atoms with Gasteiger partial charge in [-0.05, 0) is 30.3 Å². The first-order valence-corrected chi connectivity index (χ1v) is 7.71. The van der Waals surface area contributed by atoms with Crippen molar-refractivity contribution in [2.45, 2.75) is 18.5 Å². The minimum Gasteiger partial charge on any atom is -0.292 e. The molecule has 31 heavy (non-hydrogen) atoms. The Morgan fingerprint density at radius 1 is 0.774 bits per heavy atom. The molecule has 0 atom stereocenters. The normalized spacial score (nSPS) is 12.4. The molecular formula is C16H8F9N3O3. The van der Waals surface area contributed by atoms with Crippen LogP contribution < -0.4 is 10.9 Å². The maximum Gasteiger partial charge on any atom is 0.416 e. The van der Waals surface area contributed by atoms with Crippen LogP contribution in [0, 0.1) is 10.1 Å². The van der Waals surface area contributed by atoms with Crippen LogP contribution in [0.15, 0.2) is 36.4 Å². The zero-order chi connectivity index (χ0) is 23.8. The summed E-state index contributed by atoms with van der Waals surface area (Å²) in [5.74, 6) is -1.56. The van der Waals surface area contributed by atoms with Crippen LogP contribution in [0.25, 0.3) is 0 Å². The maximum atomic E-state index is 12.8. The molecule has 0 aliphatic rings. The highest BCUT2D eigenvalue weighted by Crippen LogP contribution is 2.37. The van der Waals surface area contributed by atoms with E-state index in [1.54, 1.807) is 5.43 Å². The number of alkyl halides is 9. The van der Waals surface area contributed by atoms with E-state index in [-0.39, 0.29) is 24.3 Å². The van der Waals surface area contributed by atoms with Crippen LogP contribution in [0.3, 0.4) is 0 Å². The molecule has 0 bridgehead atoms. The van der Waals surface area contributed by atoms with Gasteiger partial charge in [-0.25, -0.2) is 0 Å². The zero-order valence-corrected chi connectivity index (χ0v) is 14.5. The predicted octanol–water partition coefficient (Wildman–Crippen LogP) is 5.41. The van der Waals surface area contributed by atoms with Gasteiger partial charge in [-0.1, -0.05) is 0 Å². The number of halogens is 9. The molecule has 0 aliphatic carbocycles. The average Bonchev–Trinajstić information content (AvgIpc) is 2.63. The third kappa shape index (κ3) is 5.76.